The van der Waals surface area contributed by atoms with E-state index in [1.54, 1.807) is 7.11 Å². The molecule has 0 spiro atoms. The highest BCUT2D eigenvalue weighted by atomic mass is 16.5. The van der Waals surface area contributed by atoms with Crippen LogP contribution in [0.3, 0.4) is 0 Å². The van der Waals surface area contributed by atoms with Crippen LogP contribution >= 0.6 is 0 Å². The number of aliphatic hydroxyl groups is 2. The summed E-state index contributed by atoms with van der Waals surface area (Å²) in [5.74, 6) is 0.693. The Kier molecular flexibility index (Phi) is 5.31. The molecule has 3 nitrogen and oxygen atoms in total. The van der Waals surface area contributed by atoms with Crippen LogP contribution in [0.1, 0.15) is 79.1 Å². The van der Waals surface area contributed by atoms with E-state index in [0.717, 1.165) is 51.4 Å². The highest BCUT2D eigenvalue weighted by Gasteiger charge is 2.55. The lowest BCUT2D eigenvalue weighted by atomic mass is 9.60. The van der Waals surface area contributed by atoms with Crippen LogP contribution in [0.5, 0.6) is 0 Å². The normalized spacial score (nSPS) is 38.6. The van der Waals surface area contributed by atoms with E-state index < -0.39 is 5.60 Å². The monoisotopic (exact) mass is 312 g/mol. The van der Waals surface area contributed by atoms with Crippen LogP contribution in [0.15, 0.2) is 0 Å². The largest absolute Gasteiger partial charge is 0.393 e. The molecule has 0 aromatic rings. The number of methoxy groups -OCH3 is 1. The van der Waals surface area contributed by atoms with Crippen molar-refractivity contribution in [3.8, 4) is 0 Å². The highest BCUT2D eigenvalue weighted by Crippen LogP contribution is 2.59. The molecule has 0 amide bonds. The quantitative estimate of drug-likeness (QED) is 0.782. The van der Waals surface area contributed by atoms with E-state index in [1.807, 2.05) is 6.92 Å². The predicted molar refractivity (Wildman–Crippen MR) is 89.7 cm³/mol. The van der Waals surface area contributed by atoms with Crippen LogP contribution in [0, 0.1) is 17.3 Å². The molecule has 2 aliphatic carbocycles. The lowest BCUT2D eigenvalue weighted by molar-refractivity contribution is -0.0956. The molecule has 0 aliphatic heterocycles. The number of fused-ring (bicyclic) bond motifs is 1. The average molecular weight is 312 g/mol. The minimum Gasteiger partial charge on any atom is -0.393 e. The fraction of sp³-hybridized carbons (Fsp3) is 1.00. The van der Waals surface area contributed by atoms with Crippen LogP contribution in [0.25, 0.3) is 0 Å². The maximum absolute atomic E-state index is 11.2. The molecule has 2 N–H and O–H groups in total. The van der Waals surface area contributed by atoms with Gasteiger partial charge in [-0.25, -0.2) is 0 Å². The van der Waals surface area contributed by atoms with Crippen LogP contribution in [-0.2, 0) is 4.74 Å². The van der Waals surface area contributed by atoms with E-state index in [4.69, 9.17) is 4.74 Å². The second-order valence-corrected chi connectivity index (χ2v) is 8.88. The van der Waals surface area contributed by atoms with Gasteiger partial charge in [-0.05, 0) is 83.0 Å². The molecule has 2 saturated carbocycles. The fourth-order valence-corrected chi connectivity index (χ4v) is 5.32. The zero-order chi connectivity index (χ0) is 16.6. The fourth-order valence-electron chi connectivity index (χ4n) is 5.32. The van der Waals surface area contributed by atoms with Gasteiger partial charge in [0, 0.05) is 7.11 Å². The Balaban J connectivity index is 2.00. The molecular weight excluding hydrogens is 276 g/mol. The summed E-state index contributed by atoms with van der Waals surface area (Å²) in [7, 11) is 1.75. The third-order valence-electron chi connectivity index (χ3n) is 6.85. The summed E-state index contributed by atoms with van der Waals surface area (Å²) >= 11 is 0. The maximum Gasteiger partial charge on any atom is 0.0653 e. The van der Waals surface area contributed by atoms with Crippen molar-refractivity contribution in [2.24, 2.45) is 17.3 Å². The first-order valence-corrected chi connectivity index (χ1v) is 9.08. The van der Waals surface area contributed by atoms with E-state index in [2.05, 4.69) is 20.8 Å². The molecule has 0 aromatic heterocycles. The number of ether oxygens (including phenoxy) is 1. The van der Waals surface area contributed by atoms with Gasteiger partial charge in [0.15, 0.2) is 0 Å². The van der Waals surface area contributed by atoms with E-state index in [0.29, 0.717) is 11.8 Å². The Morgan fingerprint density at radius 1 is 1.14 bits per heavy atom. The van der Waals surface area contributed by atoms with Gasteiger partial charge < -0.3 is 14.9 Å². The van der Waals surface area contributed by atoms with Gasteiger partial charge in [0.1, 0.15) is 0 Å². The SMILES string of the molecule is COC(C)(C)CCCC(C)(O)[C@H]1CC[C@H]2[C@@H](O)CCC[C@]12C. The standard InChI is InChI=1S/C19H36O3/c1-17(2,22-5)11-7-13-19(4,21)16-10-9-14-15(20)8-6-12-18(14,16)3/h14-16,20-21H,6-13H2,1-5H3/t14-,15-,16-,18-,19?/m0/s1. The van der Waals surface area contributed by atoms with Crippen molar-refractivity contribution in [3.05, 3.63) is 0 Å². The number of rotatable bonds is 6. The summed E-state index contributed by atoms with van der Waals surface area (Å²) in [6, 6.07) is 0. The van der Waals surface area contributed by atoms with Gasteiger partial charge in [0.2, 0.25) is 0 Å². The molecule has 0 heterocycles. The van der Waals surface area contributed by atoms with E-state index in [1.165, 1.54) is 0 Å². The molecule has 0 bridgehead atoms. The van der Waals surface area contributed by atoms with Crippen LogP contribution in [0.2, 0.25) is 0 Å². The molecular formula is C19H36O3. The second-order valence-electron chi connectivity index (χ2n) is 8.88. The van der Waals surface area contributed by atoms with E-state index in [-0.39, 0.29) is 17.1 Å². The topological polar surface area (TPSA) is 49.7 Å². The van der Waals surface area contributed by atoms with Gasteiger partial charge in [-0.3, -0.25) is 0 Å². The molecule has 2 fully saturated rings. The number of aliphatic hydroxyl groups excluding tert-OH is 1. The van der Waals surface area contributed by atoms with Crippen molar-refractivity contribution < 1.29 is 14.9 Å². The molecule has 0 radical (unpaired) electrons. The highest BCUT2D eigenvalue weighted by molar-refractivity contribution is 5.05. The van der Waals surface area contributed by atoms with E-state index in [9.17, 15) is 10.2 Å². The first kappa shape index (κ1) is 18.2. The molecule has 1 unspecified atom stereocenters. The Bertz CT molecular complexity index is 377. The van der Waals surface area contributed by atoms with Gasteiger partial charge in [0.25, 0.3) is 0 Å². The van der Waals surface area contributed by atoms with Crippen molar-refractivity contribution in [2.45, 2.75) is 96.4 Å². The summed E-state index contributed by atoms with van der Waals surface area (Å²) in [5, 5.41) is 21.5. The second kappa shape index (κ2) is 6.41. The maximum atomic E-state index is 11.2. The van der Waals surface area contributed by atoms with Crippen LogP contribution < -0.4 is 0 Å². The molecule has 2 rings (SSSR count). The Morgan fingerprint density at radius 2 is 1.82 bits per heavy atom. The van der Waals surface area contributed by atoms with Crippen LogP contribution in [-0.4, -0.2) is 34.6 Å². The zero-order valence-corrected chi connectivity index (χ0v) is 15.2. The number of hydrogen-bond acceptors (Lipinski definition) is 3. The Labute approximate surface area is 136 Å². The first-order valence-electron chi connectivity index (χ1n) is 9.08. The summed E-state index contributed by atoms with van der Waals surface area (Å²) in [6.07, 6.45) is 7.92. The Morgan fingerprint density at radius 3 is 2.45 bits per heavy atom. The average Bonchev–Trinajstić information content (AvgIpc) is 2.77. The summed E-state index contributed by atoms with van der Waals surface area (Å²) in [6.45, 7) is 8.54. The van der Waals surface area contributed by atoms with Crippen molar-refractivity contribution in [3.63, 3.8) is 0 Å². The number of hydrogen-bond donors (Lipinski definition) is 2. The van der Waals surface area contributed by atoms with Gasteiger partial charge in [-0.1, -0.05) is 13.3 Å². The molecule has 5 atom stereocenters. The molecule has 130 valence electrons. The van der Waals surface area contributed by atoms with Gasteiger partial charge in [-0.2, -0.15) is 0 Å². The third-order valence-corrected chi connectivity index (χ3v) is 6.85. The summed E-state index contributed by atoms with van der Waals surface area (Å²) in [5.41, 5.74) is -0.637. The minimum atomic E-state index is -0.635. The Hall–Kier alpha value is -0.120. The lowest BCUT2D eigenvalue weighted by Crippen LogP contribution is -2.48. The van der Waals surface area contributed by atoms with Gasteiger partial charge in [0.05, 0.1) is 17.3 Å². The molecule has 2 aliphatic rings. The van der Waals surface area contributed by atoms with Gasteiger partial charge >= 0.3 is 0 Å². The summed E-state index contributed by atoms with van der Waals surface area (Å²) < 4.78 is 5.48. The third kappa shape index (κ3) is 3.52. The van der Waals surface area contributed by atoms with E-state index >= 15 is 0 Å². The molecule has 0 saturated heterocycles. The van der Waals surface area contributed by atoms with Crippen molar-refractivity contribution in [1.29, 1.82) is 0 Å². The first-order chi connectivity index (χ1) is 10.1. The smallest absolute Gasteiger partial charge is 0.0653 e. The van der Waals surface area contributed by atoms with Crippen molar-refractivity contribution in [1.82, 2.24) is 0 Å². The van der Waals surface area contributed by atoms with Gasteiger partial charge in [-0.15, -0.1) is 0 Å². The molecule has 22 heavy (non-hydrogen) atoms. The minimum absolute atomic E-state index is 0.109. The van der Waals surface area contributed by atoms with Crippen LogP contribution in [0.4, 0.5) is 0 Å². The lowest BCUT2D eigenvalue weighted by Gasteiger charge is -2.48. The molecule has 3 heteroatoms. The van der Waals surface area contributed by atoms with Crippen molar-refractivity contribution in [2.75, 3.05) is 7.11 Å². The predicted octanol–water partition coefficient (Wildman–Crippen LogP) is 3.91. The zero-order valence-electron chi connectivity index (χ0n) is 15.2. The summed E-state index contributed by atoms with van der Waals surface area (Å²) in [4.78, 5) is 0. The van der Waals surface area contributed by atoms with Crippen molar-refractivity contribution >= 4 is 0 Å². The molecule has 0 aromatic carbocycles.